The first-order valence-corrected chi connectivity index (χ1v) is 10.9. The van der Waals surface area contributed by atoms with Crippen molar-refractivity contribution in [2.24, 2.45) is 5.92 Å². The molecule has 1 saturated carbocycles. The number of carbonyl (C=O) groups excluding carboxylic acids is 1. The number of benzene rings is 1. The fourth-order valence-corrected chi connectivity index (χ4v) is 5.19. The normalized spacial score (nSPS) is 20.8. The molecule has 5 nitrogen and oxygen atoms in total. The van der Waals surface area contributed by atoms with E-state index < -0.39 is 0 Å². The van der Waals surface area contributed by atoms with Gasteiger partial charge >= 0.3 is 0 Å². The molecule has 1 amide bonds. The summed E-state index contributed by atoms with van der Waals surface area (Å²) in [7, 11) is 0. The van der Waals surface area contributed by atoms with E-state index in [0.717, 1.165) is 24.3 Å². The van der Waals surface area contributed by atoms with E-state index in [9.17, 15) is 9.59 Å². The number of aromatic nitrogens is 2. The summed E-state index contributed by atoms with van der Waals surface area (Å²) in [5, 5.41) is 0.649. The Kier molecular flexibility index (Phi) is 5.79. The number of fused-ring (bicyclic) bond motifs is 1. The molecule has 2 aliphatic rings. The third-order valence-corrected chi connectivity index (χ3v) is 6.64. The second kappa shape index (κ2) is 8.46. The summed E-state index contributed by atoms with van der Waals surface area (Å²) in [6, 6.07) is 7.92. The number of aryl methyl sites for hydroxylation is 1. The number of hydrogen-bond acceptors (Lipinski definition) is 3. The number of nitrogens with zero attached hydrogens (tertiary/aromatic N) is 3. The van der Waals surface area contributed by atoms with Gasteiger partial charge in [-0.05, 0) is 57.1 Å². The smallest absolute Gasteiger partial charge is 0.261 e. The quantitative estimate of drug-likeness (QED) is 0.785. The van der Waals surface area contributed by atoms with Gasteiger partial charge < -0.3 is 4.90 Å². The summed E-state index contributed by atoms with van der Waals surface area (Å²) in [4.78, 5) is 32.4. The molecule has 2 aromatic rings. The number of para-hydroxylation sites is 1. The second-order valence-electron chi connectivity index (χ2n) is 8.43. The number of carbonyl (C=O) groups is 1. The van der Waals surface area contributed by atoms with E-state index in [1.165, 1.54) is 38.5 Å². The van der Waals surface area contributed by atoms with E-state index in [-0.39, 0.29) is 11.5 Å². The molecule has 28 heavy (non-hydrogen) atoms. The van der Waals surface area contributed by atoms with Crippen LogP contribution < -0.4 is 5.56 Å². The number of rotatable bonds is 5. The summed E-state index contributed by atoms with van der Waals surface area (Å²) in [6.45, 7) is 3.34. The van der Waals surface area contributed by atoms with Crippen molar-refractivity contribution in [2.45, 2.75) is 77.3 Å². The van der Waals surface area contributed by atoms with Crippen LogP contribution in [0.3, 0.4) is 0 Å². The van der Waals surface area contributed by atoms with E-state index in [4.69, 9.17) is 0 Å². The van der Waals surface area contributed by atoms with Crippen molar-refractivity contribution in [2.75, 3.05) is 6.54 Å². The first kappa shape index (κ1) is 19.2. The molecular formula is C23H31N3O2. The van der Waals surface area contributed by atoms with Gasteiger partial charge in [0.05, 0.1) is 10.9 Å². The average Bonchev–Trinajstić information content (AvgIpc) is 3.21. The zero-order valence-electron chi connectivity index (χ0n) is 16.9. The Morgan fingerprint density at radius 2 is 1.89 bits per heavy atom. The Labute approximate surface area is 166 Å². The molecule has 150 valence electrons. The van der Waals surface area contributed by atoms with Gasteiger partial charge in [-0.25, -0.2) is 4.98 Å². The molecule has 1 aliphatic heterocycles. The first-order chi connectivity index (χ1) is 13.6. The molecule has 2 heterocycles. The second-order valence-corrected chi connectivity index (χ2v) is 8.43. The minimum atomic E-state index is -0.00296. The number of likely N-dealkylation sites (tertiary alicyclic amines) is 1. The van der Waals surface area contributed by atoms with Crippen LogP contribution in [0.4, 0.5) is 0 Å². The van der Waals surface area contributed by atoms with Crippen LogP contribution >= 0.6 is 0 Å². The van der Waals surface area contributed by atoms with Crippen molar-refractivity contribution in [3.8, 4) is 0 Å². The van der Waals surface area contributed by atoms with Gasteiger partial charge in [0.25, 0.3) is 5.56 Å². The van der Waals surface area contributed by atoms with Crippen LogP contribution in [0.15, 0.2) is 29.1 Å². The van der Waals surface area contributed by atoms with Crippen LogP contribution in [0.2, 0.25) is 0 Å². The number of hydrogen-bond donors (Lipinski definition) is 0. The zero-order chi connectivity index (χ0) is 19.5. The lowest BCUT2D eigenvalue weighted by Gasteiger charge is -2.34. The molecule has 1 aliphatic carbocycles. The van der Waals surface area contributed by atoms with E-state index in [1.807, 2.05) is 31.2 Å². The van der Waals surface area contributed by atoms with E-state index in [1.54, 1.807) is 4.57 Å². The monoisotopic (exact) mass is 381 g/mol. The van der Waals surface area contributed by atoms with Crippen LogP contribution in [-0.4, -0.2) is 32.9 Å². The minimum Gasteiger partial charge on any atom is -0.339 e. The summed E-state index contributed by atoms with van der Waals surface area (Å²) >= 11 is 0. The van der Waals surface area contributed by atoms with Crippen LogP contribution in [-0.2, 0) is 11.3 Å². The van der Waals surface area contributed by atoms with Gasteiger partial charge in [0.15, 0.2) is 0 Å². The maximum Gasteiger partial charge on any atom is 0.261 e. The highest BCUT2D eigenvalue weighted by Gasteiger charge is 2.34. The molecule has 5 heteroatoms. The van der Waals surface area contributed by atoms with Crippen molar-refractivity contribution < 1.29 is 4.79 Å². The van der Waals surface area contributed by atoms with Crippen molar-refractivity contribution in [3.63, 3.8) is 0 Å². The lowest BCUT2D eigenvalue weighted by molar-refractivity contribution is -0.133. The highest BCUT2D eigenvalue weighted by Crippen LogP contribution is 2.34. The molecule has 0 bridgehead atoms. The van der Waals surface area contributed by atoms with Gasteiger partial charge in [0.1, 0.15) is 5.82 Å². The fraction of sp³-hybridized carbons (Fsp3) is 0.609. The lowest BCUT2D eigenvalue weighted by Crippen LogP contribution is -2.40. The Balaban J connectivity index is 1.39. The molecule has 1 unspecified atom stereocenters. The van der Waals surface area contributed by atoms with Gasteiger partial charge in [-0.2, -0.15) is 0 Å². The minimum absolute atomic E-state index is 0.00296. The molecule has 1 atom stereocenters. The first-order valence-electron chi connectivity index (χ1n) is 10.9. The van der Waals surface area contributed by atoms with Crippen molar-refractivity contribution in [1.82, 2.24) is 14.5 Å². The van der Waals surface area contributed by atoms with Gasteiger partial charge in [0.2, 0.25) is 5.91 Å². The molecular weight excluding hydrogens is 350 g/mol. The summed E-state index contributed by atoms with van der Waals surface area (Å²) in [6.07, 6.45) is 10.1. The third-order valence-electron chi connectivity index (χ3n) is 6.64. The largest absolute Gasteiger partial charge is 0.339 e. The molecule has 0 spiro atoms. The van der Waals surface area contributed by atoms with Gasteiger partial charge in [0, 0.05) is 25.6 Å². The van der Waals surface area contributed by atoms with Crippen LogP contribution in [0.1, 0.15) is 63.6 Å². The summed E-state index contributed by atoms with van der Waals surface area (Å²) in [5.41, 5.74) is 0.738. The number of amides is 1. The van der Waals surface area contributed by atoms with Crippen LogP contribution in [0, 0.1) is 12.8 Å². The highest BCUT2D eigenvalue weighted by molar-refractivity contribution is 5.77. The predicted octanol–water partition coefficient (Wildman–Crippen LogP) is 4.06. The Bertz CT molecular complexity index is 898. The van der Waals surface area contributed by atoms with Gasteiger partial charge in [-0.3, -0.25) is 14.2 Å². The van der Waals surface area contributed by atoms with E-state index >= 15 is 0 Å². The Morgan fingerprint density at radius 3 is 2.71 bits per heavy atom. The standard InChI is InChI=1S/C23H31N3O2/c1-17-24-20-12-6-5-11-19(20)23(28)25(17)15-8-14-22(27)26-16-7-13-21(26)18-9-3-2-4-10-18/h5-6,11-12,18,21H,2-4,7-10,13-16H2,1H3. The fourth-order valence-electron chi connectivity index (χ4n) is 5.19. The maximum atomic E-state index is 12.9. The predicted molar refractivity (Wildman–Crippen MR) is 111 cm³/mol. The van der Waals surface area contributed by atoms with E-state index in [2.05, 4.69) is 9.88 Å². The Hall–Kier alpha value is -2.17. The molecule has 0 N–H and O–H groups in total. The SMILES string of the molecule is Cc1nc2ccccc2c(=O)n1CCCC(=O)N1CCCC1C1CCCCC1. The molecule has 4 rings (SSSR count). The van der Waals surface area contributed by atoms with E-state index in [0.29, 0.717) is 36.7 Å². The summed E-state index contributed by atoms with van der Waals surface area (Å²) in [5.74, 6) is 1.69. The van der Waals surface area contributed by atoms with Crippen molar-refractivity contribution in [1.29, 1.82) is 0 Å². The summed E-state index contributed by atoms with van der Waals surface area (Å²) < 4.78 is 1.72. The molecule has 1 saturated heterocycles. The molecule has 0 radical (unpaired) electrons. The van der Waals surface area contributed by atoms with Crippen LogP contribution in [0.5, 0.6) is 0 Å². The van der Waals surface area contributed by atoms with Gasteiger partial charge in [-0.1, -0.05) is 31.4 Å². The van der Waals surface area contributed by atoms with Crippen molar-refractivity contribution >= 4 is 16.8 Å². The van der Waals surface area contributed by atoms with Gasteiger partial charge in [-0.15, -0.1) is 0 Å². The average molecular weight is 382 g/mol. The molecule has 2 fully saturated rings. The topological polar surface area (TPSA) is 55.2 Å². The Morgan fingerprint density at radius 1 is 1.11 bits per heavy atom. The third kappa shape index (κ3) is 3.85. The zero-order valence-corrected chi connectivity index (χ0v) is 16.9. The molecule has 1 aromatic carbocycles. The highest BCUT2D eigenvalue weighted by atomic mass is 16.2. The maximum absolute atomic E-state index is 12.9. The molecule has 1 aromatic heterocycles. The van der Waals surface area contributed by atoms with Crippen molar-refractivity contribution in [3.05, 3.63) is 40.4 Å². The lowest BCUT2D eigenvalue weighted by atomic mass is 9.83. The van der Waals surface area contributed by atoms with Crippen LogP contribution in [0.25, 0.3) is 10.9 Å².